The number of rotatable bonds is 1. The summed E-state index contributed by atoms with van der Waals surface area (Å²) in [7, 11) is 0. The topological polar surface area (TPSA) is 39.2 Å². The molecular weight excluding hydrogens is 193 g/mol. The van der Waals surface area contributed by atoms with Crippen LogP contribution in [0.1, 0.15) is 10.5 Å². The van der Waals surface area contributed by atoms with E-state index in [0.29, 0.717) is 5.69 Å². The van der Waals surface area contributed by atoms with E-state index in [2.05, 4.69) is 8.77 Å². The van der Waals surface area contributed by atoms with Gasteiger partial charge in [-0.25, -0.2) is 9.78 Å². The number of nitrogens with zero attached hydrogens (tertiary/aromatic N) is 1. The molecule has 3 nitrogen and oxygen atoms in total. The third-order valence-corrected chi connectivity index (χ3v) is 2.16. The number of hydrogen-bond donors (Lipinski definition) is 0. The normalized spacial score (nSPS) is 10.0. The van der Waals surface area contributed by atoms with Crippen LogP contribution in [-0.2, 0) is 3.79 Å². The molecule has 0 saturated heterocycles. The Morgan fingerprint density at radius 2 is 2.00 bits per heavy atom. The van der Waals surface area contributed by atoms with Gasteiger partial charge in [0.2, 0.25) is 0 Å². The zero-order chi connectivity index (χ0) is 9.97. The van der Waals surface area contributed by atoms with Crippen LogP contribution < -0.4 is 0 Å². The van der Waals surface area contributed by atoms with E-state index in [0.717, 1.165) is 10.8 Å². The summed E-state index contributed by atoms with van der Waals surface area (Å²) in [4.78, 5) is 15.1. The summed E-state index contributed by atoms with van der Waals surface area (Å²) >= 11 is 1.92. The number of pyridine rings is 1. The SMILES string of the molecule is O=C([O][Al])c1cc2ccccc2cn1. The number of carbonyl (C=O) groups is 1. The largest absolute Gasteiger partial charge is 0.623 e. The Balaban J connectivity index is 2.56. The van der Waals surface area contributed by atoms with Crippen LogP contribution in [-0.4, -0.2) is 27.6 Å². The highest BCUT2D eigenvalue weighted by atomic mass is 27.1. The van der Waals surface area contributed by atoms with Crippen molar-refractivity contribution in [3.05, 3.63) is 42.2 Å². The lowest BCUT2D eigenvalue weighted by Gasteiger charge is -2.01. The molecule has 14 heavy (non-hydrogen) atoms. The average molecular weight is 199 g/mol. The number of benzene rings is 1. The Kier molecular flexibility index (Phi) is 2.49. The zero-order valence-corrected chi connectivity index (χ0v) is 8.46. The summed E-state index contributed by atoms with van der Waals surface area (Å²) in [5.74, 6) is -0.444. The van der Waals surface area contributed by atoms with Crippen molar-refractivity contribution in [1.82, 2.24) is 4.98 Å². The minimum atomic E-state index is -0.444. The minimum absolute atomic E-state index is 0.318. The molecule has 1 heterocycles. The van der Waals surface area contributed by atoms with Gasteiger partial charge in [-0.15, -0.1) is 0 Å². The fourth-order valence-corrected chi connectivity index (χ4v) is 1.38. The molecule has 0 aliphatic carbocycles. The first-order chi connectivity index (χ1) is 6.81. The van der Waals surface area contributed by atoms with Crippen LogP contribution in [0.3, 0.4) is 0 Å². The summed E-state index contributed by atoms with van der Waals surface area (Å²) in [6.45, 7) is 0. The van der Waals surface area contributed by atoms with Crippen LogP contribution in [0.4, 0.5) is 0 Å². The quantitative estimate of drug-likeness (QED) is 0.653. The van der Waals surface area contributed by atoms with Gasteiger partial charge in [0.25, 0.3) is 0 Å². The van der Waals surface area contributed by atoms with Gasteiger partial charge < -0.3 is 3.79 Å². The van der Waals surface area contributed by atoms with Crippen LogP contribution in [0, 0.1) is 0 Å². The molecule has 66 valence electrons. The van der Waals surface area contributed by atoms with E-state index in [-0.39, 0.29) is 0 Å². The molecule has 0 unspecified atom stereocenters. The van der Waals surface area contributed by atoms with E-state index < -0.39 is 5.97 Å². The number of aromatic nitrogens is 1. The third-order valence-electron chi connectivity index (χ3n) is 1.95. The van der Waals surface area contributed by atoms with Crippen LogP contribution in [0.25, 0.3) is 10.8 Å². The van der Waals surface area contributed by atoms with Gasteiger partial charge in [-0.1, -0.05) is 24.3 Å². The van der Waals surface area contributed by atoms with E-state index in [4.69, 9.17) is 0 Å². The lowest BCUT2D eigenvalue weighted by molar-refractivity contribution is 0.0744. The van der Waals surface area contributed by atoms with Gasteiger partial charge in [0.15, 0.2) is 0 Å². The lowest BCUT2D eigenvalue weighted by atomic mass is 10.1. The number of hydrogen-bond acceptors (Lipinski definition) is 3. The smallest absolute Gasteiger partial charge is 0.485 e. The number of fused-ring (bicyclic) bond motifs is 1. The van der Waals surface area contributed by atoms with Gasteiger partial charge in [0.05, 0.1) is 0 Å². The third kappa shape index (κ3) is 1.63. The van der Waals surface area contributed by atoms with E-state index in [9.17, 15) is 4.79 Å². The van der Waals surface area contributed by atoms with E-state index in [1.807, 2.05) is 40.9 Å². The highest BCUT2D eigenvalue weighted by Gasteiger charge is 2.05. The molecule has 4 heteroatoms. The molecule has 2 aromatic rings. The second-order valence-electron chi connectivity index (χ2n) is 2.82. The fraction of sp³-hybridized carbons (Fsp3) is 0. The first-order valence-electron chi connectivity index (χ1n) is 4.07. The molecule has 1 aromatic carbocycles. The van der Waals surface area contributed by atoms with Crippen molar-refractivity contribution in [2.45, 2.75) is 0 Å². The molecule has 0 saturated carbocycles. The number of carbonyl (C=O) groups excluding carboxylic acids is 1. The first kappa shape index (κ1) is 9.20. The van der Waals surface area contributed by atoms with Gasteiger partial charge in [-0.3, -0.25) is 0 Å². The van der Waals surface area contributed by atoms with Crippen molar-refractivity contribution < 1.29 is 8.58 Å². The summed E-state index contributed by atoms with van der Waals surface area (Å²) in [5.41, 5.74) is 0.318. The Bertz CT molecular complexity index is 484. The van der Waals surface area contributed by atoms with Gasteiger partial charge in [0, 0.05) is 11.6 Å². The average Bonchev–Trinajstić information content (AvgIpc) is 2.27. The van der Waals surface area contributed by atoms with Crippen LogP contribution >= 0.6 is 0 Å². The predicted molar refractivity (Wildman–Crippen MR) is 52.9 cm³/mol. The van der Waals surface area contributed by atoms with Crippen molar-refractivity contribution in [3.8, 4) is 0 Å². The molecule has 0 N–H and O–H groups in total. The molecule has 1 aromatic heterocycles. The molecule has 2 rings (SSSR count). The molecule has 2 radical (unpaired) electrons. The molecule has 0 amide bonds. The Hall–Kier alpha value is -1.37. The fourth-order valence-electron chi connectivity index (χ4n) is 1.26. The maximum absolute atomic E-state index is 11.2. The standard InChI is InChI=1S/C10H7NO2.Al/c12-10(13)9-5-7-3-1-2-4-8(7)6-11-9;/h1-6H,(H,12,13);/q;+1/p-1. The van der Waals surface area contributed by atoms with Crippen LogP contribution in [0.5, 0.6) is 0 Å². The maximum atomic E-state index is 11.2. The van der Waals surface area contributed by atoms with Crippen molar-refractivity contribution in [2.75, 3.05) is 0 Å². The summed E-state index contributed by atoms with van der Waals surface area (Å²) < 4.78 is 4.50. The van der Waals surface area contributed by atoms with Gasteiger partial charge in [-0.05, 0) is 11.5 Å². The highest BCUT2D eigenvalue weighted by Crippen LogP contribution is 2.13. The monoisotopic (exact) mass is 199 g/mol. The first-order valence-corrected chi connectivity index (χ1v) is 4.54. The minimum Gasteiger partial charge on any atom is -0.623 e. The Morgan fingerprint density at radius 1 is 1.29 bits per heavy atom. The maximum Gasteiger partial charge on any atom is 0.485 e. The molecule has 0 bridgehead atoms. The Labute approximate surface area is 89.5 Å². The highest BCUT2D eigenvalue weighted by molar-refractivity contribution is 6.09. The van der Waals surface area contributed by atoms with Gasteiger partial charge in [-0.2, -0.15) is 0 Å². The summed E-state index contributed by atoms with van der Waals surface area (Å²) in [6.07, 6.45) is 1.66. The zero-order valence-electron chi connectivity index (χ0n) is 7.31. The Morgan fingerprint density at radius 3 is 2.71 bits per heavy atom. The van der Waals surface area contributed by atoms with Crippen molar-refractivity contribution in [3.63, 3.8) is 0 Å². The molecule has 0 atom stereocenters. The lowest BCUT2D eigenvalue weighted by Crippen LogP contribution is -2.04. The van der Waals surface area contributed by atoms with E-state index in [1.54, 1.807) is 12.3 Å². The predicted octanol–water partition coefficient (Wildman–Crippen LogP) is 1.48. The summed E-state index contributed by atoms with van der Waals surface area (Å²) in [5, 5.41) is 1.99. The van der Waals surface area contributed by atoms with Crippen molar-refractivity contribution in [2.24, 2.45) is 0 Å². The molecule has 0 spiro atoms. The van der Waals surface area contributed by atoms with Crippen molar-refractivity contribution >= 4 is 33.4 Å². The molecular formula is C10H6AlNO2. The van der Waals surface area contributed by atoms with E-state index in [1.165, 1.54) is 0 Å². The van der Waals surface area contributed by atoms with Crippen LogP contribution in [0.15, 0.2) is 36.5 Å². The van der Waals surface area contributed by atoms with Crippen LogP contribution in [0.2, 0.25) is 0 Å². The van der Waals surface area contributed by atoms with Gasteiger partial charge >= 0.3 is 22.6 Å². The second kappa shape index (κ2) is 3.79. The summed E-state index contributed by atoms with van der Waals surface area (Å²) in [6, 6.07) is 9.42. The van der Waals surface area contributed by atoms with Gasteiger partial charge in [0.1, 0.15) is 5.69 Å². The molecule has 0 aliphatic rings. The molecule has 0 fully saturated rings. The van der Waals surface area contributed by atoms with Crippen molar-refractivity contribution in [1.29, 1.82) is 0 Å². The second-order valence-corrected chi connectivity index (χ2v) is 3.06. The van der Waals surface area contributed by atoms with E-state index >= 15 is 0 Å². The molecule has 0 aliphatic heterocycles.